The van der Waals surface area contributed by atoms with E-state index in [2.05, 4.69) is 33.1 Å². The number of hydrogen-bond acceptors (Lipinski definition) is 47. The van der Waals surface area contributed by atoms with Crippen LogP contribution in [0.1, 0.15) is 153 Å². The molecule has 8 aliphatic heterocycles. The molecule has 50 atom stereocenters. The quantitative estimate of drug-likeness (QED) is 0.00922. The van der Waals surface area contributed by atoms with Gasteiger partial charge in [-0.25, -0.2) is 9.59 Å². The number of aliphatic hydroxyl groups is 26. The molecule has 818 valence electrons. The van der Waals surface area contributed by atoms with Crippen molar-refractivity contribution in [2.75, 3.05) is 52.9 Å². The van der Waals surface area contributed by atoms with E-state index in [0.717, 1.165) is 0 Å². The largest absolute Gasteiger partial charge is 0.458 e. The lowest BCUT2D eigenvalue weighted by Gasteiger charge is -2.72. The molecule has 0 unspecified atom stereocenters. The van der Waals surface area contributed by atoms with Gasteiger partial charge in [0.2, 0.25) is 6.29 Å². The topological polar surface area (TPSA) is 743 Å². The number of carbonyl (C=O) groups excluding carboxylic acids is 3. The molecule has 0 aromatic rings. The third-order valence-corrected chi connectivity index (χ3v) is 33.6. The first-order valence-electron chi connectivity index (χ1n) is 49.2. The third-order valence-electron chi connectivity index (χ3n) is 33.6. The number of allylic oxidation sites excluding steroid dienone is 4. The molecule has 0 aromatic carbocycles. The zero-order valence-electron chi connectivity index (χ0n) is 82.0. The molecule has 5 aliphatic carbocycles. The van der Waals surface area contributed by atoms with Gasteiger partial charge in [-0.2, -0.15) is 0 Å². The van der Waals surface area contributed by atoms with Crippen LogP contribution in [0.15, 0.2) is 60.3 Å². The Kier molecular flexibility index (Phi) is 37.0. The van der Waals surface area contributed by atoms with Crippen LogP contribution in [-0.4, -0.2) is 466 Å². The normalized spacial score (nSPS) is 48.2. The van der Waals surface area contributed by atoms with Gasteiger partial charge in [-0.15, -0.1) is 13.2 Å². The first kappa shape index (κ1) is 116. The van der Waals surface area contributed by atoms with Gasteiger partial charge in [-0.3, -0.25) is 4.79 Å². The Morgan fingerprint density at radius 1 is 0.448 bits per heavy atom. The van der Waals surface area contributed by atoms with E-state index in [1.807, 2.05) is 20.8 Å². The molecule has 13 rings (SSSR count). The highest BCUT2D eigenvalue weighted by Gasteiger charge is 2.74. The van der Waals surface area contributed by atoms with E-state index in [0.29, 0.717) is 31.3 Å². The monoisotopic (exact) mass is 2060 g/mol. The highest BCUT2D eigenvalue weighted by Crippen LogP contribution is 2.76. The van der Waals surface area contributed by atoms with Crippen LogP contribution in [0.5, 0.6) is 0 Å². The van der Waals surface area contributed by atoms with Crippen LogP contribution in [0.3, 0.4) is 0 Å². The predicted octanol–water partition coefficient (Wildman–Crippen LogP) is -7.09. The fourth-order valence-electron chi connectivity index (χ4n) is 24.3. The molecule has 12 fully saturated rings. The van der Waals surface area contributed by atoms with Crippen molar-refractivity contribution < 1.29 is 232 Å². The average Bonchev–Trinajstić information content (AvgIpc) is 1.15. The zero-order chi connectivity index (χ0) is 105. The number of hydrogen-bond donors (Lipinski definition) is 26. The molecular formula is C96H152O47. The van der Waals surface area contributed by atoms with Gasteiger partial charge in [0.25, 0.3) is 0 Å². The van der Waals surface area contributed by atoms with E-state index in [1.54, 1.807) is 20.8 Å². The van der Waals surface area contributed by atoms with Gasteiger partial charge in [0, 0.05) is 11.8 Å². The molecular weight excluding hydrogens is 1910 g/mol. The molecule has 47 nitrogen and oxygen atoms in total. The molecule has 0 radical (unpaired) electrons. The summed E-state index contributed by atoms with van der Waals surface area (Å²) < 4.78 is 110. The van der Waals surface area contributed by atoms with Crippen LogP contribution >= 0.6 is 0 Å². The smallest absolute Gasteiger partial charge is 0.336 e. The summed E-state index contributed by atoms with van der Waals surface area (Å²) in [6.07, 6.45) is -64.9. The van der Waals surface area contributed by atoms with Crippen LogP contribution in [0.2, 0.25) is 0 Å². The standard InChI is InChI=1S/C96H152O47/c1-14-91(9,125)24-16-18-42(32-98)79(123)137-73-39(3)129-85(71(120)66(73)115)143-92(10,15-2)25-17-19-41(31-97)78(122)135-55-30-96(88(124)142-87-77(64(113)59(108)48(35-101)133-87)141-84-72(121)75(139-82-69(118)62(111)57(106)46(33-99)130-82)74(40(4)128-84)138-81-68(117)60(109)49(36-102)132-81)44(28-89(55,5)6)43-20-21-52-93(11)26-23-54(90(7,8)51(93)22-27-94(52,12)95(43,13)29-53(96)104)136-86-76(140-83-70(119)63(112)58(107)47(34-100)131-83)65(114)61(110)50(134-86)38-127-80-67(116)56(105)45(103)37-126-80/h14-15,18-20,39-40,44-77,80-87,97-121,125H,1-2,16-17,21-38H2,3-13H3/b41-19+,42-18+/t39-,40+,44+,45-,46-,47-,48-,49+,50-,51+,52-,53-,54+,55+,56-,57+,58+,59+,60+,61+,62+,63+,64+,65+,66-,67+,68-,69-,70-,71-,72-,73-,74+,75+,76-,77-,80-,81+,82+,83+,84+,85+,86+,87+,91-,92-,93+,94-,95-,96-/m1/s1. The van der Waals surface area contributed by atoms with Crippen molar-refractivity contribution in [1.29, 1.82) is 0 Å². The number of ether oxygens (including phenoxy) is 18. The number of fused-ring (bicyclic) bond motifs is 7. The Hall–Kier alpha value is -4.53. The van der Waals surface area contributed by atoms with Crippen molar-refractivity contribution in [2.45, 2.75) is 416 Å². The summed E-state index contributed by atoms with van der Waals surface area (Å²) >= 11 is 0. The van der Waals surface area contributed by atoms with Gasteiger partial charge >= 0.3 is 17.9 Å². The van der Waals surface area contributed by atoms with Crippen LogP contribution in [0.25, 0.3) is 0 Å². The highest BCUT2D eigenvalue weighted by atomic mass is 16.8. The molecule has 47 heteroatoms. The van der Waals surface area contributed by atoms with Crippen molar-refractivity contribution in [3.8, 4) is 0 Å². The van der Waals surface area contributed by atoms with Crippen LogP contribution in [-0.2, 0) is 99.6 Å². The van der Waals surface area contributed by atoms with Gasteiger partial charge in [0.1, 0.15) is 170 Å². The van der Waals surface area contributed by atoms with Crippen LogP contribution in [0.4, 0.5) is 0 Å². The highest BCUT2D eigenvalue weighted by molar-refractivity contribution is 5.89. The summed E-state index contributed by atoms with van der Waals surface area (Å²) in [6.45, 7) is 20.7. The van der Waals surface area contributed by atoms with Gasteiger partial charge < -0.3 is 218 Å². The molecule has 0 bridgehead atoms. The minimum absolute atomic E-state index is 0.0640. The van der Waals surface area contributed by atoms with Crippen molar-refractivity contribution in [3.05, 3.63) is 60.3 Å². The first-order chi connectivity index (χ1) is 67.1. The maximum Gasteiger partial charge on any atom is 0.336 e. The Morgan fingerprint density at radius 2 is 0.909 bits per heavy atom. The summed E-state index contributed by atoms with van der Waals surface area (Å²) in [4.78, 5) is 45.3. The van der Waals surface area contributed by atoms with E-state index in [1.165, 1.54) is 45.1 Å². The Bertz CT molecular complexity index is 4370. The van der Waals surface area contributed by atoms with Crippen molar-refractivity contribution in [3.63, 3.8) is 0 Å². The maximum absolute atomic E-state index is 16.9. The lowest BCUT2D eigenvalue weighted by molar-refractivity contribution is -0.390. The second kappa shape index (κ2) is 45.8. The number of carbonyl (C=O) groups is 3. The predicted molar refractivity (Wildman–Crippen MR) is 479 cm³/mol. The molecule has 143 heavy (non-hydrogen) atoms. The van der Waals surface area contributed by atoms with Gasteiger partial charge in [-0.1, -0.05) is 84.4 Å². The molecule has 0 spiro atoms. The summed E-state index contributed by atoms with van der Waals surface area (Å²) in [5, 5.41) is 290. The zero-order valence-corrected chi connectivity index (χ0v) is 82.0. The minimum Gasteiger partial charge on any atom is -0.458 e. The minimum atomic E-state index is -2.31. The van der Waals surface area contributed by atoms with E-state index >= 15 is 9.59 Å². The van der Waals surface area contributed by atoms with E-state index < -0.39 is 379 Å². The summed E-state index contributed by atoms with van der Waals surface area (Å²) in [5.74, 6) is -5.03. The second-order valence-electron chi connectivity index (χ2n) is 43.4. The Labute approximate surface area is 826 Å². The summed E-state index contributed by atoms with van der Waals surface area (Å²) in [7, 11) is 0. The Morgan fingerprint density at radius 3 is 1.46 bits per heavy atom. The lowest BCUT2D eigenvalue weighted by atomic mass is 9.33. The molecule has 26 N–H and O–H groups in total. The first-order valence-corrected chi connectivity index (χ1v) is 49.2. The van der Waals surface area contributed by atoms with Crippen LogP contribution in [0, 0.1) is 50.2 Å². The van der Waals surface area contributed by atoms with Crippen LogP contribution < -0.4 is 0 Å². The van der Waals surface area contributed by atoms with Gasteiger partial charge in [0.05, 0.1) is 99.6 Å². The fraction of sp³-hybridized carbons (Fsp3) is 0.865. The Balaban J connectivity index is 0.802. The summed E-state index contributed by atoms with van der Waals surface area (Å²) in [5.41, 5.74) is -9.43. The lowest BCUT2D eigenvalue weighted by Crippen LogP contribution is -2.70. The van der Waals surface area contributed by atoms with Gasteiger partial charge in [0.15, 0.2) is 56.2 Å². The maximum atomic E-state index is 16.9. The van der Waals surface area contributed by atoms with E-state index in [-0.39, 0.29) is 67.9 Å². The van der Waals surface area contributed by atoms with E-state index in [9.17, 15) is 138 Å². The number of aliphatic hydroxyl groups excluding tert-OH is 25. The van der Waals surface area contributed by atoms with Crippen molar-refractivity contribution >= 4 is 17.9 Å². The fourth-order valence-corrected chi connectivity index (χ4v) is 24.3. The molecule has 0 amide bonds. The van der Waals surface area contributed by atoms with E-state index in [4.69, 9.17) is 85.3 Å². The average molecular weight is 2060 g/mol. The molecule has 8 saturated heterocycles. The third kappa shape index (κ3) is 22.4. The van der Waals surface area contributed by atoms with Crippen molar-refractivity contribution in [1.82, 2.24) is 0 Å². The van der Waals surface area contributed by atoms with Gasteiger partial charge in [-0.05, 0) is 138 Å². The SMILES string of the molecule is C=C[C@@](C)(O)CC/C=C(\CO)C(=O)O[C@H]1[C@H](O)[C@@H](O)[C@H](O[C@](C)(C=C)CC/C=C(\CO)C(=O)O[C@H]2C[C@]3(C(=O)O[C@@H]4O[C@H](CO)[C@H](O)[C@H](O)[C@H]4O[C@@H]4O[C@@H](C)[C@H](O[C@@H]5O[C@@H](CO)[C@H](O)[C@H]5O)[C@@H](O[C@@H]5O[C@H](CO)[C@H](O)[C@H](O)[C@H]5O)[C@H]4O)[C@H](O)C[C@]4(C)C(=CC[C@@H]5[C@@]6(C)CC[C@H](O[C@@H]7O[C@H](CO[C@H]8OC[C@@H](O)[C@@H](O)[C@@H]8O)[C@H](O)[C@H](O)[C@H]7O[C@@H]7O[C@H](CO)[C@H](O)[C@H](O)[C@H]7O)C(C)(C)[C@@H]6CC[C@]54C)[C@@H]3CC2(C)C)O[C@@H]1C. The summed E-state index contributed by atoms with van der Waals surface area (Å²) in [6, 6.07) is 0. The second-order valence-corrected chi connectivity index (χ2v) is 43.4. The molecule has 13 aliphatic rings. The molecule has 0 aromatic heterocycles. The number of rotatable bonds is 35. The molecule has 8 heterocycles. The van der Waals surface area contributed by atoms with Crippen molar-refractivity contribution in [2.24, 2.45) is 50.2 Å². The number of esters is 3. The molecule has 4 saturated carbocycles.